The van der Waals surface area contributed by atoms with E-state index >= 15 is 0 Å². The van der Waals surface area contributed by atoms with Gasteiger partial charge in [-0.2, -0.15) is 0 Å². The molecule has 4 rings (SSSR count). The molecule has 1 N–H and O–H groups in total. The first-order valence-corrected chi connectivity index (χ1v) is 10.0. The first kappa shape index (κ1) is 17.5. The molecule has 3 aromatic rings. The van der Waals surface area contributed by atoms with E-state index in [1.54, 1.807) is 6.26 Å². The Hall–Kier alpha value is -1.92. The van der Waals surface area contributed by atoms with Crippen LogP contribution in [0.4, 0.5) is 0 Å². The molecule has 1 aromatic carbocycles. The molecule has 0 radical (unpaired) electrons. The molecule has 2 aromatic heterocycles. The molecule has 3 heterocycles. The van der Waals surface area contributed by atoms with Crippen LogP contribution in [-0.2, 0) is 19.4 Å². The first-order valence-electron chi connectivity index (χ1n) is 9.24. The Morgan fingerprint density at radius 3 is 2.81 bits per heavy atom. The molecule has 1 unspecified atom stereocenters. The number of fused-ring (bicyclic) bond motifs is 1. The van der Waals surface area contributed by atoms with Crippen molar-refractivity contribution in [2.75, 3.05) is 6.54 Å². The number of aryl methyl sites for hydroxylation is 1. The average molecular weight is 415 g/mol. The van der Waals surface area contributed by atoms with Crippen LogP contribution < -0.4 is 5.32 Å². The lowest BCUT2D eigenvalue weighted by Crippen LogP contribution is -2.25. The first-order chi connectivity index (χ1) is 12.8. The number of furan rings is 1. The van der Waals surface area contributed by atoms with Crippen molar-refractivity contribution in [3.8, 4) is 0 Å². The third-order valence-corrected chi connectivity index (χ3v) is 5.44. The molecule has 26 heavy (non-hydrogen) atoms. The Balaban J connectivity index is 1.46. The zero-order valence-electron chi connectivity index (χ0n) is 14.7. The maximum atomic E-state index is 5.67. The lowest BCUT2D eigenvalue weighted by atomic mass is 10.0. The molecule has 1 atom stereocenters. The molecule has 6 heteroatoms. The van der Waals surface area contributed by atoms with Gasteiger partial charge in [0.15, 0.2) is 0 Å². The van der Waals surface area contributed by atoms with Crippen molar-refractivity contribution in [1.82, 2.24) is 20.1 Å². The van der Waals surface area contributed by atoms with Gasteiger partial charge in [-0.1, -0.05) is 34.5 Å². The Kier molecular flexibility index (Phi) is 5.51. The van der Waals surface area contributed by atoms with Gasteiger partial charge in [-0.05, 0) is 42.7 Å². The zero-order valence-corrected chi connectivity index (χ0v) is 16.3. The lowest BCUT2D eigenvalue weighted by molar-refractivity contribution is 0.445. The van der Waals surface area contributed by atoms with Gasteiger partial charge in [0, 0.05) is 30.4 Å². The van der Waals surface area contributed by atoms with Crippen LogP contribution in [0, 0.1) is 0 Å². The Labute approximate surface area is 161 Å². The predicted octanol–water partition coefficient (Wildman–Crippen LogP) is 4.28. The third kappa shape index (κ3) is 3.91. The smallest absolute Gasteiger partial charge is 0.134 e. The van der Waals surface area contributed by atoms with Crippen LogP contribution in [-0.4, -0.2) is 21.3 Å². The average Bonchev–Trinajstić information content (AvgIpc) is 3.25. The van der Waals surface area contributed by atoms with Gasteiger partial charge in [0.2, 0.25) is 0 Å². The molecular formula is C20H23BrN4O. The maximum absolute atomic E-state index is 5.67. The molecule has 0 amide bonds. The largest absolute Gasteiger partial charge is 0.467 e. The minimum atomic E-state index is 0.0321. The molecule has 0 fully saturated rings. The number of benzene rings is 1. The lowest BCUT2D eigenvalue weighted by Gasteiger charge is -2.17. The number of nitrogens with zero attached hydrogens (tertiary/aromatic N) is 3. The van der Waals surface area contributed by atoms with E-state index in [9.17, 15) is 0 Å². The van der Waals surface area contributed by atoms with Crippen molar-refractivity contribution in [1.29, 1.82) is 0 Å². The zero-order chi connectivity index (χ0) is 17.8. The number of rotatable bonds is 6. The van der Waals surface area contributed by atoms with Crippen LogP contribution in [0.1, 0.15) is 48.3 Å². The summed E-state index contributed by atoms with van der Waals surface area (Å²) >= 11 is 3.50. The van der Waals surface area contributed by atoms with Gasteiger partial charge in [-0.3, -0.25) is 0 Å². The summed E-state index contributed by atoms with van der Waals surface area (Å²) in [5.41, 5.74) is 1.18. The van der Waals surface area contributed by atoms with E-state index in [0.717, 1.165) is 47.8 Å². The number of hydrogen-bond donors (Lipinski definition) is 1. The van der Waals surface area contributed by atoms with E-state index in [0.29, 0.717) is 0 Å². The van der Waals surface area contributed by atoms with E-state index in [1.165, 1.54) is 24.8 Å². The van der Waals surface area contributed by atoms with Crippen LogP contribution in [0.25, 0.3) is 0 Å². The number of halogens is 1. The minimum Gasteiger partial charge on any atom is -0.467 e. The second-order valence-electron chi connectivity index (χ2n) is 6.70. The Bertz CT molecular complexity index is 826. The molecule has 0 saturated heterocycles. The summed E-state index contributed by atoms with van der Waals surface area (Å²) in [7, 11) is 0. The maximum Gasteiger partial charge on any atom is 0.134 e. The van der Waals surface area contributed by atoms with Crippen LogP contribution in [0.3, 0.4) is 0 Å². The number of hydrogen-bond acceptors (Lipinski definition) is 4. The summed E-state index contributed by atoms with van der Waals surface area (Å²) in [5.74, 6) is 3.16. The van der Waals surface area contributed by atoms with Crippen LogP contribution in [0.2, 0.25) is 0 Å². The molecule has 5 nitrogen and oxygen atoms in total. The van der Waals surface area contributed by atoms with Gasteiger partial charge in [-0.15, -0.1) is 10.2 Å². The highest BCUT2D eigenvalue weighted by Gasteiger charge is 2.18. The van der Waals surface area contributed by atoms with Crippen LogP contribution >= 0.6 is 15.9 Å². The third-order valence-electron chi connectivity index (χ3n) is 4.91. The molecule has 0 saturated carbocycles. The van der Waals surface area contributed by atoms with Crippen molar-refractivity contribution >= 4 is 15.9 Å². The van der Waals surface area contributed by atoms with E-state index < -0.39 is 0 Å². The standard InChI is InChI=1S/C20H23BrN4O/c21-16-9-7-15(8-10-16)20(17-5-4-14-26-17)22-12-11-19-24-23-18-6-2-1-3-13-25(18)19/h4-5,7-10,14,20,22H,1-3,6,11-13H2. The SMILES string of the molecule is Brc1ccc(C(NCCc2nnc3n2CCCCC3)c2ccco2)cc1. The van der Waals surface area contributed by atoms with Crippen LogP contribution in [0.15, 0.2) is 51.6 Å². The summed E-state index contributed by atoms with van der Waals surface area (Å²) in [4.78, 5) is 0. The predicted molar refractivity (Wildman–Crippen MR) is 104 cm³/mol. The Morgan fingerprint density at radius 2 is 2.00 bits per heavy atom. The summed E-state index contributed by atoms with van der Waals surface area (Å²) in [6.07, 6.45) is 7.36. The topological polar surface area (TPSA) is 55.9 Å². The highest BCUT2D eigenvalue weighted by Crippen LogP contribution is 2.24. The van der Waals surface area contributed by atoms with Crippen LogP contribution in [0.5, 0.6) is 0 Å². The van der Waals surface area contributed by atoms with E-state index in [-0.39, 0.29) is 6.04 Å². The van der Waals surface area contributed by atoms with Crippen molar-refractivity contribution in [3.05, 3.63) is 70.1 Å². The molecular weight excluding hydrogens is 392 g/mol. The van der Waals surface area contributed by atoms with Gasteiger partial charge >= 0.3 is 0 Å². The molecule has 136 valence electrons. The summed E-state index contributed by atoms with van der Waals surface area (Å²) in [6.45, 7) is 1.87. The molecule has 1 aliphatic heterocycles. The highest BCUT2D eigenvalue weighted by atomic mass is 79.9. The fraction of sp³-hybridized carbons (Fsp3) is 0.400. The van der Waals surface area contributed by atoms with Gasteiger partial charge in [0.05, 0.1) is 12.3 Å². The van der Waals surface area contributed by atoms with Gasteiger partial charge < -0.3 is 14.3 Å². The summed E-state index contributed by atoms with van der Waals surface area (Å²) in [5, 5.41) is 12.4. The van der Waals surface area contributed by atoms with Crippen molar-refractivity contribution in [2.24, 2.45) is 0 Å². The second-order valence-corrected chi connectivity index (χ2v) is 7.61. The van der Waals surface area contributed by atoms with Gasteiger partial charge in [-0.25, -0.2) is 0 Å². The molecule has 1 aliphatic rings. The molecule has 0 bridgehead atoms. The number of nitrogens with one attached hydrogen (secondary N) is 1. The number of aromatic nitrogens is 3. The van der Waals surface area contributed by atoms with Crippen molar-refractivity contribution < 1.29 is 4.42 Å². The normalized spacial score (nSPS) is 15.4. The second kappa shape index (κ2) is 8.18. The fourth-order valence-electron chi connectivity index (χ4n) is 3.55. The highest BCUT2D eigenvalue weighted by molar-refractivity contribution is 9.10. The van der Waals surface area contributed by atoms with Crippen molar-refractivity contribution in [2.45, 2.75) is 44.7 Å². The summed E-state index contributed by atoms with van der Waals surface area (Å²) in [6, 6.07) is 12.3. The minimum absolute atomic E-state index is 0.0321. The van der Waals surface area contributed by atoms with E-state index in [1.807, 2.05) is 12.1 Å². The molecule has 0 spiro atoms. The van der Waals surface area contributed by atoms with Gasteiger partial charge in [0.25, 0.3) is 0 Å². The summed E-state index contributed by atoms with van der Waals surface area (Å²) < 4.78 is 9.06. The van der Waals surface area contributed by atoms with E-state index in [4.69, 9.17) is 4.42 Å². The van der Waals surface area contributed by atoms with E-state index in [2.05, 4.69) is 60.3 Å². The van der Waals surface area contributed by atoms with Crippen molar-refractivity contribution in [3.63, 3.8) is 0 Å². The Morgan fingerprint density at radius 1 is 1.12 bits per heavy atom. The monoisotopic (exact) mass is 414 g/mol. The molecule has 0 aliphatic carbocycles. The van der Waals surface area contributed by atoms with Gasteiger partial charge in [0.1, 0.15) is 17.4 Å². The fourth-order valence-corrected chi connectivity index (χ4v) is 3.82. The quantitative estimate of drug-likeness (QED) is 0.653.